The third kappa shape index (κ3) is 5.75. The number of alkyl halides is 9. The van der Waals surface area contributed by atoms with E-state index in [0.29, 0.717) is 12.8 Å². The van der Waals surface area contributed by atoms with Gasteiger partial charge in [0.15, 0.2) is 0 Å². The van der Waals surface area contributed by atoms with E-state index in [4.69, 9.17) is 4.74 Å². The summed E-state index contributed by atoms with van der Waals surface area (Å²) in [6.07, 6.45) is -6.05. The molecule has 0 saturated carbocycles. The van der Waals surface area contributed by atoms with Crippen LogP contribution in [0.5, 0.6) is 5.75 Å². The van der Waals surface area contributed by atoms with E-state index in [1.54, 1.807) is 0 Å². The Morgan fingerprint density at radius 3 is 1.61 bits per heavy atom. The third-order valence-electron chi connectivity index (χ3n) is 5.74. The van der Waals surface area contributed by atoms with Crippen molar-refractivity contribution in [1.82, 2.24) is 0 Å². The lowest BCUT2D eigenvalue weighted by Gasteiger charge is -2.38. The zero-order valence-corrected chi connectivity index (χ0v) is 22.7. The highest BCUT2D eigenvalue weighted by Crippen LogP contribution is 2.71. The Kier molecular flexibility index (Phi) is 9.35. The fraction of sp³-hybridized carbons (Fsp3) is 0.308. The summed E-state index contributed by atoms with van der Waals surface area (Å²) >= 11 is 0. The maximum absolute atomic E-state index is 15.0. The highest BCUT2D eigenvalue weighted by atomic mass is 32.3. The van der Waals surface area contributed by atoms with Gasteiger partial charge in [-0.2, -0.15) is 39.5 Å². The van der Waals surface area contributed by atoms with Crippen molar-refractivity contribution < 1.29 is 56.3 Å². The Morgan fingerprint density at radius 1 is 0.683 bits per heavy atom. The topological polar surface area (TPSA) is 56.2 Å². The summed E-state index contributed by atoms with van der Waals surface area (Å²) in [5.41, 5.74) is 0. The highest BCUT2D eigenvalue weighted by Gasteiger charge is 2.88. The van der Waals surface area contributed by atoms with Crippen molar-refractivity contribution in [2.24, 2.45) is 0 Å². The maximum atomic E-state index is 15.0. The Hall–Kier alpha value is -2.91. The molecule has 0 atom stereocenters. The number of rotatable bonds is 12. The van der Waals surface area contributed by atoms with Crippen LogP contribution in [0, 0.1) is 0 Å². The Labute approximate surface area is 231 Å². The Bertz CT molecular complexity index is 1380. The summed E-state index contributed by atoms with van der Waals surface area (Å²) in [7, 11) is -11.2. The molecule has 0 aliphatic rings. The molecule has 0 heterocycles. The smallest absolute Gasteiger partial charge is 0.486 e. The van der Waals surface area contributed by atoms with Gasteiger partial charge in [0, 0.05) is 0 Å². The lowest BCUT2D eigenvalue weighted by atomic mass is 10.1. The van der Waals surface area contributed by atoms with Crippen molar-refractivity contribution in [3.63, 3.8) is 0 Å². The van der Waals surface area contributed by atoms with Crippen LogP contribution in [0.15, 0.2) is 99.6 Å². The van der Waals surface area contributed by atoms with Gasteiger partial charge in [-0.25, -0.2) is 0 Å². The first-order valence-corrected chi connectivity index (χ1v) is 14.8. The fourth-order valence-electron chi connectivity index (χ4n) is 3.61. The lowest BCUT2D eigenvalue weighted by molar-refractivity contribution is -0.382. The number of hydrogen-bond acceptors (Lipinski definition) is 3. The molecule has 0 aliphatic carbocycles. The zero-order valence-electron chi connectivity index (χ0n) is 21.1. The van der Waals surface area contributed by atoms with Crippen molar-refractivity contribution >= 4 is 20.4 Å². The molecular weight excluding hydrogens is 611 g/mol. The first-order chi connectivity index (χ1) is 19.0. The number of para-hydroxylation sites is 1. The number of halogens is 9. The van der Waals surface area contributed by atoms with Crippen LogP contribution in [0.2, 0.25) is 0 Å². The van der Waals surface area contributed by atoms with E-state index in [9.17, 15) is 39.2 Å². The molecule has 0 amide bonds. The van der Waals surface area contributed by atoms with E-state index in [-0.39, 0.29) is 27.0 Å². The van der Waals surface area contributed by atoms with Gasteiger partial charge in [-0.1, -0.05) is 61.9 Å². The van der Waals surface area contributed by atoms with Gasteiger partial charge in [0.2, 0.25) is 0 Å². The Morgan fingerprint density at radius 2 is 1.15 bits per heavy atom. The van der Waals surface area contributed by atoms with E-state index in [1.807, 2.05) is 6.92 Å². The monoisotopic (exact) mass is 635 g/mol. The van der Waals surface area contributed by atoms with Crippen molar-refractivity contribution in [1.29, 1.82) is 0 Å². The van der Waals surface area contributed by atoms with Gasteiger partial charge in [-0.15, -0.1) is 8.42 Å². The first kappa shape index (κ1) is 32.6. The maximum Gasteiger partial charge on any atom is 0.486 e. The molecule has 0 bridgehead atoms. The third-order valence-corrected chi connectivity index (χ3v) is 11.2. The van der Waals surface area contributed by atoms with Crippen LogP contribution in [0.1, 0.15) is 19.8 Å². The van der Waals surface area contributed by atoms with E-state index < -0.39 is 43.7 Å². The zero-order chi connectivity index (χ0) is 30.7. The summed E-state index contributed by atoms with van der Waals surface area (Å²) in [6, 6.07) is 18.7. The van der Waals surface area contributed by atoms with Crippen LogP contribution >= 0.6 is 10.3 Å². The van der Waals surface area contributed by atoms with Gasteiger partial charge in [0.1, 0.15) is 10.6 Å². The van der Waals surface area contributed by atoms with Crippen molar-refractivity contribution in [2.45, 2.75) is 57.7 Å². The minimum atomic E-state index is -7.43. The molecule has 0 aromatic heterocycles. The SMILES string of the molecule is CCCCOc1ccccc1S([OH+]S(=O)(=O)C(F)(F)C(F)(F)C(F)(F)C(F)(F)F)(c1ccccc1)c1ccccc1. The summed E-state index contributed by atoms with van der Waals surface area (Å²) < 4.78 is 160. The van der Waals surface area contributed by atoms with Gasteiger partial charge in [-0.05, 0) is 42.8 Å². The van der Waals surface area contributed by atoms with E-state index in [1.165, 1.54) is 84.9 Å². The molecule has 15 heteroatoms. The molecule has 226 valence electrons. The predicted molar refractivity (Wildman–Crippen MR) is 135 cm³/mol. The quantitative estimate of drug-likeness (QED) is 0.0865. The minimum Gasteiger partial charge on any atom is -0.492 e. The molecule has 4 nitrogen and oxygen atoms in total. The van der Waals surface area contributed by atoms with Crippen molar-refractivity contribution in [3.8, 4) is 5.75 Å². The van der Waals surface area contributed by atoms with Crippen LogP contribution < -0.4 is 4.74 Å². The van der Waals surface area contributed by atoms with Crippen molar-refractivity contribution in [3.05, 3.63) is 84.9 Å². The number of hydrogen-bond donors (Lipinski definition) is 0. The predicted octanol–water partition coefficient (Wildman–Crippen LogP) is 8.91. The van der Waals surface area contributed by atoms with Gasteiger partial charge >= 0.3 is 33.4 Å². The number of ether oxygens (including phenoxy) is 1. The first-order valence-electron chi connectivity index (χ1n) is 11.8. The number of benzene rings is 3. The molecule has 0 unspecified atom stereocenters. The standard InChI is InChI=1S/C26H23F9O4S2/c1-2-3-18-38-21-16-10-11-17-22(21)40(19-12-6-4-7-13-19,20-14-8-5-9-15-20)39-41(36,37)26(34,35)24(29,30)23(27,28)25(31,32)33/h4-17H,2-3,18H2,1H3/p+1. The van der Waals surface area contributed by atoms with Crippen molar-refractivity contribution in [2.75, 3.05) is 6.61 Å². The molecule has 3 aromatic rings. The molecule has 0 fully saturated rings. The van der Waals surface area contributed by atoms with Crippen LogP contribution in [0.25, 0.3) is 0 Å². The van der Waals surface area contributed by atoms with E-state index in [2.05, 4.69) is 3.63 Å². The molecule has 0 saturated heterocycles. The van der Waals surface area contributed by atoms with Gasteiger partial charge < -0.3 is 4.74 Å². The highest BCUT2D eigenvalue weighted by molar-refractivity contribution is 8.32. The minimum absolute atomic E-state index is 0.0609. The van der Waals surface area contributed by atoms with Gasteiger partial charge in [0.05, 0.1) is 26.7 Å². The summed E-state index contributed by atoms with van der Waals surface area (Å²) in [4.78, 5) is -0.468. The van der Waals surface area contributed by atoms with E-state index in [0.717, 1.165) is 0 Å². The number of unbranched alkanes of at least 4 members (excludes halogenated alkanes) is 1. The second-order valence-electron chi connectivity index (χ2n) is 8.57. The average Bonchev–Trinajstić information content (AvgIpc) is 2.92. The molecule has 0 radical (unpaired) electrons. The summed E-state index contributed by atoms with van der Waals surface area (Å²) in [5.74, 6) is -14.9. The second kappa shape index (κ2) is 11.8. The normalized spacial score (nSPS) is 14.1. The Balaban J connectivity index is 2.38. The fourth-order valence-corrected chi connectivity index (χ4v) is 9.20. The molecular formula is C26H24F9O4S2+. The molecule has 3 rings (SSSR count). The van der Waals surface area contributed by atoms with Gasteiger partial charge in [-0.3, -0.25) is 3.63 Å². The van der Waals surface area contributed by atoms with Crippen LogP contribution in [0.4, 0.5) is 39.5 Å². The van der Waals surface area contributed by atoms with Gasteiger partial charge in [0.25, 0.3) is 0 Å². The summed E-state index contributed by atoms with van der Waals surface area (Å²) in [5, 5.41) is -7.00. The van der Waals surface area contributed by atoms with Crippen LogP contribution in [0.3, 0.4) is 0 Å². The summed E-state index contributed by atoms with van der Waals surface area (Å²) in [6.45, 7) is 1.89. The van der Waals surface area contributed by atoms with Crippen LogP contribution in [-0.2, 0) is 10.1 Å². The molecule has 1 N–H and O–H groups in total. The molecule has 0 aliphatic heterocycles. The largest absolute Gasteiger partial charge is 0.492 e. The van der Waals surface area contributed by atoms with E-state index >= 15 is 8.78 Å². The molecule has 41 heavy (non-hydrogen) atoms. The average molecular weight is 636 g/mol. The van der Waals surface area contributed by atoms with Crippen LogP contribution in [-0.4, -0.2) is 41.9 Å². The second-order valence-corrected chi connectivity index (χ2v) is 13.2. The lowest BCUT2D eigenvalue weighted by Crippen LogP contribution is -2.63. The molecule has 3 aromatic carbocycles. The molecule has 0 spiro atoms.